The van der Waals surface area contributed by atoms with E-state index in [2.05, 4.69) is 4.98 Å². The van der Waals surface area contributed by atoms with Crippen LogP contribution in [0.1, 0.15) is 39.6 Å². The molecular weight excluding hydrogens is 298 g/mol. The van der Waals surface area contributed by atoms with Gasteiger partial charge in [0.1, 0.15) is 11.4 Å². The summed E-state index contributed by atoms with van der Waals surface area (Å²) in [5.41, 5.74) is 1.37. The zero-order valence-corrected chi connectivity index (χ0v) is 12.5. The number of likely N-dealkylation sites (N-methyl/N-ethyl adjacent to an activating group) is 1. The van der Waals surface area contributed by atoms with Gasteiger partial charge in [-0.15, -0.1) is 0 Å². The van der Waals surface area contributed by atoms with Crippen LogP contribution >= 0.6 is 0 Å². The van der Waals surface area contributed by atoms with Crippen molar-refractivity contribution in [2.45, 2.75) is 13.0 Å². The Morgan fingerprint density at radius 1 is 1.39 bits per heavy atom. The SMILES string of the molecule is CC1C(=O)CN(C)C2=CC(=O)c3nc(C(=O)O)cc4cn1c2c34. The first-order valence-corrected chi connectivity index (χ1v) is 7.17. The van der Waals surface area contributed by atoms with E-state index in [1.54, 1.807) is 25.1 Å². The van der Waals surface area contributed by atoms with Gasteiger partial charge >= 0.3 is 5.97 Å². The van der Waals surface area contributed by atoms with Gasteiger partial charge in [-0.25, -0.2) is 9.78 Å². The second-order valence-electron chi connectivity index (χ2n) is 5.90. The van der Waals surface area contributed by atoms with Crippen molar-refractivity contribution < 1.29 is 19.5 Å². The molecule has 2 aromatic heterocycles. The molecule has 0 saturated carbocycles. The summed E-state index contributed by atoms with van der Waals surface area (Å²) in [6, 6.07) is 1.05. The zero-order valence-electron chi connectivity index (χ0n) is 12.5. The Hall–Kier alpha value is -2.96. The Balaban J connectivity index is 2.14. The fraction of sp³-hybridized carbons (Fsp3) is 0.250. The number of aromatic nitrogens is 2. The topological polar surface area (TPSA) is 92.5 Å². The average molecular weight is 311 g/mol. The molecule has 0 saturated heterocycles. The van der Waals surface area contributed by atoms with Crippen molar-refractivity contribution in [2.24, 2.45) is 0 Å². The number of carboxylic acids is 1. The summed E-state index contributed by atoms with van der Waals surface area (Å²) in [4.78, 5) is 41.7. The lowest BCUT2D eigenvalue weighted by Gasteiger charge is -2.22. The summed E-state index contributed by atoms with van der Waals surface area (Å²) < 4.78 is 1.81. The van der Waals surface area contributed by atoms with Crippen LogP contribution in [0.5, 0.6) is 0 Å². The third-order valence-electron chi connectivity index (χ3n) is 4.47. The Bertz CT molecular complexity index is 954. The molecule has 2 aliphatic rings. The molecule has 0 aromatic carbocycles. The highest BCUT2D eigenvalue weighted by Crippen LogP contribution is 2.38. The van der Waals surface area contributed by atoms with Crippen LogP contribution in [0.15, 0.2) is 18.3 Å². The smallest absolute Gasteiger partial charge is 0.354 e. The Morgan fingerprint density at radius 2 is 2.13 bits per heavy atom. The first-order valence-electron chi connectivity index (χ1n) is 7.17. The molecule has 7 heteroatoms. The van der Waals surface area contributed by atoms with Crippen molar-refractivity contribution in [2.75, 3.05) is 13.6 Å². The van der Waals surface area contributed by atoms with E-state index in [1.807, 2.05) is 4.57 Å². The second-order valence-corrected chi connectivity index (χ2v) is 5.90. The summed E-state index contributed by atoms with van der Waals surface area (Å²) in [6.45, 7) is 2.02. The summed E-state index contributed by atoms with van der Waals surface area (Å²) in [7, 11) is 1.77. The molecule has 1 unspecified atom stereocenters. The molecule has 1 N–H and O–H groups in total. The molecule has 0 radical (unpaired) electrons. The Morgan fingerprint density at radius 3 is 2.83 bits per heavy atom. The van der Waals surface area contributed by atoms with Gasteiger partial charge < -0.3 is 14.6 Å². The summed E-state index contributed by atoms with van der Waals surface area (Å²) in [5, 5.41) is 10.4. The highest BCUT2D eigenvalue weighted by Gasteiger charge is 2.34. The lowest BCUT2D eigenvalue weighted by molar-refractivity contribution is -0.121. The standard InChI is InChI=1S/C16H13N3O4/c1-7-12(21)6-18(2)10-4-11(20)14-13-8(5-19(7)15(10)13)3-9(17-14)16(22)23/h3-5,7H,6H2,1-2H3,(H,22,23). The molecular formula is C16H13N3O4. The van der Waals surface area contributed by atoms with E-state index in [-0.39, 0.29) is 35.5 Å². The minimum Gasteiger partial charge on any atom is -0.477 e. The number of Topliss-reactive ketones (excluding diaryl/α,β-unsaturated/α-hetero) is 1. The van der Waals surface area contributed by atoms with E-state index >= 15 is 0 Å². The molecule has 4 rings (SSSR count). The predicted molar refractivity (Wildman–Crippen MR) is 81.3 cm³/mol. The van der Waals surface area contributed by atoms with Gasteiger partial charge in [-0.3, -0.25) is 9.59 Å². The molecule has 0 amide bonds. The first-order chi connectivity index (χ1) is 10.9. The van der Waals surface area contributed by atoms with E-state index in [9.17, 15) is 19.5 Å². The zero-order chi connectivity index (χ0) is 16.5. The number of pyridine rings is 1. The first kappa shape index (κ1) is 13.7. The van der Waals surface area contributed by atoms with Crippen LogP contribution in [-0.2, 0) is 4.79 Å². The van der Waals surface area contributed by atoms with Crippen molar-refractivity contribution in [1.29, 1.82) is 0 Å². The van der Waals surface area contributed by atoms with Crippen LogP contribution in [-0.4, -0.2) is 50.7 Å². The van der Waals surface area contributed by atoms with Crippen LogP contribution in [0.25, 0.3) is 16.5 Å². The van der Waals surface area contributed by atoms with E-state index in [0.29, 0.717) is 16.5 Å². The summed E-state index contributed by atoms with van der Waals surface area (Å²) in [6.07, 6.45) is 3.16. The molecule has 1 aliphatic carbocycles. The highest BCUT2D eigenvalue weighted by molar-refractivity contribution is 6.21. The molecule has 1 atom stereocenters. The molecule has 2 aromatic rings. The molecule has 116 valence electrons. The minimum absolute atomic E-state index is 0.0276. The fourth-order valence-corrected chi connectivity index (χ4v) is 3.27. The van der Waals surface area contributed by atoms with Crippen molar-refractivity contribution in [3.05, 3.63) is 35.4 Å². The van der Waals surface area contributed by atoms with Gasteiger partial charge in [0, 0.05) is 30.1 Å². The minimum atomic E-state index is -1.19. The van der Waals surface area contributed by atoms with Gasteiger partial charge in [0.2, 0.25) is 5.78 Å². The monoisotopic (exact) mass is 311 g/mol. The van der Waals surface area contributed by atoms with Crippen molar-refractivity contribution in [3.63, 3.8) is 0 Å². The van der Waals surface area contributed by atoms with Crippen molar-refractivity contribution >= 4 is 34.0 Å². The number of aromatic carboxylic acids is 1. The molecule has 7 nitrogen and oxygen atoms in total. The normalized spacial score (nSPS) is 19.8. The lowest BCUT2D eigenvalue weighted by atomic mass is 10.00. The second kappa shape index (κ2) is 4.28. The molecule has 1 aliphatic heterocycles. The summed E-state index contributed by atoms with van der Waals surface area (Å²) in [5.74, 6) is -1.50. The maximum Gasteiger partial charge on any atom is 0.354 e. The fourth-order valence-electron chi connectivity index (χ4n) is 3.27. The number of nitrogens with zero attached hydrogens (tertiary/aromatic N) is 3. The number of hydrogen-bond acceptors (Lipinski definition) is 5. The molecule has 0 bridgehead atoms. The van der Waals surface area contributed by atoms with Gasteiger partial charge in [0.25, 0.3) is 0 Å². The van der Waals surface area contributed by atoms with Crippen LogP contribution in [0.4, 0.5) is 0 Å². The van der Waals surface area contributed by atoms with Gasteiger partial charge in [0.15, 0.2) is 5.78 Å². The van der Waals surface area contributed by atoms with E-state index in [1.165, 1.54) is 12.1 Å². The number of carbonyl (C=O) groups excluding carboxylic acids is 2. The average Bonchev–Trinajstić information content (AvgIpc) is 2.85. The largest absolute Gasteiger partial charge is 0.477 e. The van der Waals surface area contributed by atoms with Crippen LogP contribution in [0.3, 0.4) is 0 Å². The van der Waals surface area contributed by atoms with Crippen LogP contribution in [0, 0.1) is 0 Å². The quantitative estimate of drug-likeness (QED) is 0.854. The van der Waals surface area contributed by atoms with Gasteiger partial charge in [-0.2, -0.15) is 0 Å². The van der Waals surface area contributed by atoms with Gasteiger partial charge in [0.05, 0.1) is 24.0 Å². The van der Waals surface area contributed by atoms with E-state index < -0.39 is 5.97 Å². The molecule has 0 spiro atoms. The molecule has 3 heterocycles. The number of carboxylic acid groups (broad SMARTS) is 1. The Labute approximate surface area is 130 Å². The third kappa shape index (κ3) is 1.70. The number of carbonyl (C=O) groups is 3. The van der Waals surface area contributed by atoms with Gasteiger partial charge in [-0.1, -0.05) is 0 Å². The van der Waals surface area contributed by atoms with Crippen LogP contribution < -0.4 is 0 Å². The third-order valence-corrected chi connectivity index (χ3v) is 4.47. The number of ketones is 2. The van der Waals surface area contributed by atoms with Crippen LogP contribution in [0.2, 0.25) is 0 Å². The van der Waals surface area contributed by atoms with E-state index in [4.69, 9.17) is 0 Å². The van der Waals surface area contributed by atoms with Gasteiger partial charge in [-0.05, 0) is 13.0 Å². The maximum absolute atomic E-state index is 12.4. The molecule has 0 fully saturated rings. The number of hydrogen-bond donors (Lipinski definition) is 1. The number of allylic oxidation sites excluding steroid dienone is 1. The van der Waals surface area contributed by atoms with Crippen molar-refractivity contribution in [1.82, 2.24) is 14.5 Å². The highest BCUT2D eigenvalue weighted by atomic mass is 16.4. The maximum atomic E-state index is 12.4. The Kier molecular flexibility index (Phi) is 2.55. The lowest BCUT2D eigenvalue weighted by Crippen LogP contribution is -2.26. The predicted octanol–water partition coefficient (Wildman–Crippen LogP) is 1.35. The van der Waals surface area contributed by atoms with E-state index in [0.717, 1.165) is 5.69 Å². The van der Waals surface area contributed by atoms with Crippen molar-refractivity contribution in [3.8, 4) is 0 Å². The summed E-state index contributed by atoms with van der Waals surface area (Å²) >= 11 is 0. The molecule has 23 heavy (non-hydrogen) atoms. The number of rotatable bonds is 1.